The van der Waals surface area contributed by atoms with Crippen LogP contribution in [-0.4, -0.2) is 57.1 Å². The van der Waals surface area contributed by atoms with Crippen LogP contribution in [0.4, 0.5) is 15.0 Å². The molecule has 5 rings (SSSR count). The first-order valence-electron chi connectivity index (χ1n) is 13.8. The molecule has 14 nitrogen and oxygen atoms in total. The molecule has 230 valence electrons. The van der Waals surface area contributed by atoms with E-state index in [0.717, 1.165) is 25.7 Å². The lowest BCUT2D eigenvalue weighted by Crippen LogP contribution is -2.53. The highest BCUT2D eigenvalue weighted by Gasteiger charge is 2.50. The Labute approximate surface area is 245 Å². The van der Waals surface area contributed by atoms with Gasteiger partial charge in [-0.3, -0.25) is 4.79 Å². The number of hydrogen-bond donors (Lipinski definition) is 1. The van der Waals surface area contributed by atoms with Crippen molar-refractivity contribution in [2.24, 2.45) is 11.3 Å². The van der Waals surface area contributed by atoms with Gasteiger partial charge >= 0.3 is 24.0 Å². The molecule has 43 heavy (non-hydrogen) atoms. The fraction of sp³-hybridized carbons (Fsp3) is 0.571. The normalized spacial score (nSPS) is 18.4. The van der Waals surface area contributed by atoms with Crippen molar-refractivity contribution in [3.05, 3.63) is 34.5 Å². The Balaban J connectivity index is 1.35. The highest BCUT2D eigenvalue weighted by Crippen LogP contribution is 2.55. The first kappa shape index (κ1) is 30.0. The van der Waals surface area contributed by atoms with Crippen molar-refractivity contribution in [3.8, 4) is 12.3 Å². The quantitative estimate of drug-likeness (QED) is 0.203. The van der Waals surface area contributed by atoms with Gasteiger partial charge in [0.25, 0.3) is 0 Å². The number of aryl methyl sites for hydroxylation is 1. The fourth-order valence-corrected chi connectivity index (χ4v) is 5.94. The van der Waals surface area contributed by atoms with Gasteiger partial charge in [-0.2, -0.15) is 14.4 Å². The molecule has 0 aromatic carbocycles. The van der Waals surface area contributed by atoms with E-state index in [1.807, 2.05) is 0 Å². The van der Waals surface area contributed by atoms with Crippen molar-refractivity contribution in [2.75, 3.05) is 19.5 Å². The SMILES string of the molecule is C#CC(COC(=O)OCc1oc(=O)oc1C)(OC)[C@H](Cn1cnc2c(N)nc(F)nc21)OC(=O)C1CC2(CCCCC2)C1. The number of halogens is 1. The molecule has 15 heteroatoms. The molecule has 3 heterocycles. The first-order chi connectivity index (χ1) is 20.6. The molecule has 2 atom stereocenters. The van der Waals surface area contributed by atoms with Crippen LogP contribution >= 0.6 is 0 Å². The smallest absolute Gasteiger partial charge is 0.456 e. The predicted molar refractivity (Wildman–Crippen MR) is 145 cm³/mol. The number of carbonyl (C=O) groups excluding carboxylic acids is 2. The summed E-state index contributed by atoms with van der Waals surface area (Å²) < 4.78 is 46.9. The zero-order valence-corrected chi connectivity index (χ0v) is 23.8. The monoisotopic (exact) mass is 601 g/mol. The maximum absolute atomic E-state index is 14.0. The Kier molecular flexibility index (Phi) is 8.41. The van der Waals surface area contributed by atoms with Crippen molar-refractivity contribution in [2.45, 2.75) is 76.7 Å². The van der Waals surface area contributed by atoms with E-state index in [0.29, 0.717) is 12.8 Å². The molecule has 1 spiro atoms. The van der Waals surface area contributed by atoms with Crippen LogP contribution in [0.25, 0.3) is 11.2 Å². The van der Waals surface area contributed by atoms with Crippen LogP contribution in [0.5, 0.6) is 0 Å². The van der Waals surface area contributed by atoms with E-state index in [4.69, 9.17) is 39.9 Å². The number of fused-ring (bicyclic) bond motifs is 1. The molecule has 3 aromatic rings. The zero-order chi connectivity index (χ0) is 30.8. The number of anilines is 1. The Morgan fingerprint density at radius 1 is 1.26 bits per heavy atom. The number of terminal acetylenes is 1. The lowest BCUT2D eigenvalue weighted by atomic mass is 9.56. The third kappa shape index (κ3) is 6.19. The van der Waals surface area contributed by atoms with E-state index in [-0.39, 0.29) is 46.4 Å². The Morgan fingerprint density at radius 2 is 2.00 bits per heavy atom. The van der Waals surface area contributed by atoms with Gasteiger partial charge in [-0.25, -0.2) is 14.6 Å². The topological polar surface area (TPSA) is 184 Å². The Morgan fingerprint density at radius 3 is 2.65 bits per heavy atom. The van der Waals surface area contributed by atoms with Crippen LogP contribution in [0.2, 0.25) is 0 Å². The van der Waals surface area contributed by atoms with Gasteiger partial charge in [0.05, 0.1) is 18.8 Å². The number of aromatic nitrogens is 4. The number of ether oxygens (including phenoxy) is 4. The molecule has 0 bridgehead atoms. The minimum Gasteiger partial charge on any atom is -0.456 e. The fourth-order valence-electron chi connectivity index (χ4n) is 5.94. The van der Waals surface area contributed by atoms with Crippen LogP contribution in [0, 0.1) is 36.7 Å². The van der Waals surface area contributed by atoms with Gasteiger partial charge in [-0.15, -0.1) is 6.42 Å². The van der Waals surface area contributed by atoms with Gasteiger partial charge in [0.2, 0.25) is 5.60 Å². The minimum atomic E-state index is -1.81. The highest BCUT2D eigenvalue weighted by atomic mass is 19.1. The summed E-state index contributed by atoms with van der Waals surface area (Å²) in [6, 6.07) is 0. The molecule has 2 aliphatic rings. The van der Waals surface area contributed by atoms with Crippen molar-refractivity contribution in [1.82, 2.24) is 19.5 Å². The maximum atomic E-state index is 14.0. The molecule has 0 aliphatic heterocycles. The summed E-state index contributed by atoms with van der Waals surface area (Å²) in [5.41, 5.74) is 4.32. The molecular weight excluding hydrogens is 569 g/mol. The molecule has 2 fully saturated rings. The van der Waals surface area contributed by atoms with Gasteiger partial charge in [0.1, 0.15) is 12.1 Å². The highest BCUT2D eigenvalue weighted by molar-refractivity contribution is 5.81. The lowest BCUT2D eigenvalue weighted by molar-refractivity contribution is -0.181. The van der Waals surface area contributed by atoms with Crippen molar-refractivity contribution in [3.63, 3.8) is 0 Å². The third-order valence-corrected chi connectivity index (χ3v) is 8.38. The van der Waals surface area contributed by atoms with E-state index >= 15 is 0 Å². The average Bonchev–Trinajstić information content (AvgIpc) is 3.52. The van der Waals surface area contributed by atoms with Crippen LogP contribution in [-0.2, 0) is 36.9 Å². The van der Waals surface area contributed by atoms with Crippen molar-refractivity contribution >= 4 is 29.1 Å². The van der Waals surface area contributed by atoms with E-state index < -0.39 is 48.9 Å². The molecule has 0 saturated heterocycles. The summed E-state index contributed by atoms with van der Waals surface area (Å²) in [7, 11) is 1.27. The van der Waals surface area contributed by atoms with Crippen LogP contribution in [0.1, 0.15) is 56.5 Å². The van der Waals surface area contributed by atoms with E-state index in [9.17, 15) is 18.8 Å². The summed E-state index contributed by atoms with van der Waals surface area (Å²) >= 11 is 0. The number of hydrogen-bond acceptors (Lipinski definition) is 13. The summed E-state index contributed by atoms with van der Waals surface area (Å²) in [5.74, 6) is 0.666. The second kappa shape index (κ2) is 12.0. The first-order valence-corrected chi connectivity index (χ1v) is 13.8. The summed E-state index contributed by atoms with van der Waals surface area (Å²) in [6.07, 6.45) is 10.8. The summed E-state index contributed by atoms with van der Waals surface area (Å²) in [5, 5.41) is 0. The van der Waals surface area contributed by atoms with Gasteiger partial charge in [-0.1, -0.05) is 25.2 Å². The Hall–Kier alpha value is -4.45. The molecule has 0 amide bonds. The van der Waals surface area contributed by atoms with Gasteiger partial charge < -0.3 is 38.1 Å². The van der Waals surface area contributed by atoms with Crippen LogP contribution < -0.4 is 11.6 Å². The van der Waals surface area contributed by atoms with Crippen LogP contribution in [0.15, 0.2) is 20.0 Å². The maximum Gasteiger partial charge on any atom is 0.519 e. The number of nitrogens with zero attached hydrogens (tertiary/aromatic N) is 4. The molecule has 1 unspecified atom stereocenters. The second-order valence-corrected chi connectivity index (χ2v) is 11.0. The van der Waals surface area contributed by atoms with Gasteiger partial charge in [0.15, 0.2) is 35.7 Å². The average molecular weight is 602 g/mol. The molecule has 0 radical (unpaired) electrons. The number of esters is 1. The molecule has 2 N–H and O–H groups in total. The molecular formula is C28H32FN5O9. The third-order valence-electron chi connectivity index (χ3n) is 8.38. The van der Waals surface area contributed by atoms with E-state index in [2.05, 4.69) is 20.9 Å². The van der Waals surface area contributed by atoms with E-state index in [1.54, 1.807) is 0 Å². The van der Waals surface area contributed by atoms with Crippen LogP contribution in [0.3, 0.4) is 0 Å². The van der Waals surface area contributed by atoms with E-state index in [1.165, 1.54) is 31.3 Å². The summed E-state index contributed by atoms with van der Waals surface area (Å²) in [4.78, 5) is 48.5. The van der Waals surface area contributed by atoms with Crippen molar-refractivity contribution in [1.29, 1.82) is 0 Å². The second-order valence-electron chi connectivity index (χ2n) is 11.0. The summed E-state index contributed by atoms with van der Waals surface area (Å²) in [6.45, 7) is 0.218. The number of imidazole rings is 1. The minimum absolute atomic E-state index is 0.000396. The van der Waals surface area contributed by atoms with Crippen molar-refractivity contribution < 1.29 is 41.8 Å². The molecule has 2 aliphatic carbocycles. The number of carbonyl (C=O) groups is 2. The number of rotatable bonds is 10. The molecule has 3 aromatic heterocycles. The number of methoxy groups -OCH3 is 1. The number of nitrogen functional groups attached to an aromatic ring is 1. The zero-order valence-electron chi connectivity index (χ0n) is 23.8. The molecule has 2 saturated carbocycles. The predicted octanol–water partition coefficient (Wildman–Crippen LogP) is 3.05. The standard InChI is InChI=1S/C28H32FN5O9/c1-4-28(38-3,14-40-25(36)39-13-18-16(2)41-26(37)42-18)19(12-34-15-31-20-21(30)32-24(29)33-22(20)34)43-23(35)17-10-27(11-17)8-6-5-7-9-27/h1,15,17,19H,5-14H2,2-3H3,(H2,30,32,33)/t19-,28?/m0/s1. The van der Waals surface area contributed by atoms with Gasteiger partial charge in [0, 0.05) is 7.11 Å². The number of nitrogens with two attached hydrogens (primary N) is 1. The lowest BCUT2D eigenvalue weighted by Gasteiger charge is -2.49. The van der Waals surface area contributed by atoms with Gasteiger partial charge in [-0.05, 0) is 38.0 Å². The Bertz CT molecular complexity index is 1590. The largest absolute Gasteiger partial charge is 0.519 e.